The van der Waals surface area contributed by atoms with Crippen LogP contribution in [0.2, 0.25) is 0 Å². The SMILES string of the molecule is CCc1nc2sc(C)cn2c1C(=O)NCc1ccc(N2CCN(c3ccc(F)cc3)CC2)cc1. The quantitative estimate of drug-likeness (QED) is 0.439. The summed E-state index contributed by atoms with van der Waals surface area (Å²) in [5.74, 6) is -0.298. The lowest BCUT2D eigenvalue weighted by Crippen LogP contribution is -2.46. The van der Waals surface area contributed by atoms with E-state index in [0.717, 1.165) is 59.4 Å². The first kappa shape index (κ1) is 22.4. The van der Waals surface area contributed by atoms with Crippen LogP contribution in [0, 0.1) is 12.7 Å². The first-order chi connectivity index (χ1) is 16.5. The molecule has 3 heterocycles. The summed E-state index contributed by atoms with van der Waals surface area (Å²) in [5.41, 5.74) is 4.76. The number of imidazole rings is 1. The van der Waals surface area contributed by atoms with E-state index in [2.05, 4.69) is 44.4 Å². The third-order valence-corrected chi connectivity index (χ3v) is 7.19. The molecular weight excluding hydrogens is 449 g/mol. The Morgan fingerprint density at radius 1 is 1.00 bits per heavy atom. The molecule has 0 bridgehead atoms. The van der Waals surface area contributed by atoms with E-state index in [1.54, 1.807) is 11.3 Å². The molecule has 0 radical (unpaired) electrons. The highest BCUT2D eigenvalue weighted by atomic mass is 32.1. The summed E-state index contributed by atoms with van der Waals surface area (Å²) in [6, 6.07) is 15.1. The third-order valence-electron chi connectivity index (χ3n) is 6.29. The normalized spacial score (nSPS) is 14.1. The predicted octanol–water partition coefficient (Wildman–Crippen LogP) is 4.66. The van der Waals surface area contributed by atoms with Crippen molar-refractivity contribution in [1.29, 1.82) is 0 Å². The van der Waals surface area contributed by atoms with Crippen LogP contribution < -0.4 is 15.1 Å². The number of nitrogens with zero attached hydrogens (tertiary/aromatic N) is 4. The number of piperazine rings is 1. The second-order valence-corrected chi connectivity index (χ2v) is 9.77. The molecule has 0 atom stereocenters. The Labute approximate surface area is 202 Å². The van der Waals surface area contributed by atoms with Gasteiger partial charge in [0.1, 0.15) is 11.5 Å². The Morgan fingerprint density at radius 3 is 2.18 bits per heavy atom. The molecule has 1 aliphatic rings. The zero-order valence-corrected chi connectivity index (χ0v) is 20.2. The largest absolute Gasteiger partial charge is 0.368 e. The van der Waals surface area contributed by atoms with Crippen LogP contribution in [-0.4, -0.2) is 41.5 Å². The highest BCUT2D eigenvalue weighted by Crippen LogP contribution is 2.23. The summed E-state index contributed by atoms with van der Waals surface area (Å²) in [7, 11) is 0. The minimum absolute atomic E-state index is 0.0943. The van der Waals surface area contributed by atoms with Crippen molar-refractivity contribution in [2.45, 2.75) is 26.8 Å². The highest BCUT2D eigenvalue weighted by molar-refractivity contribution is 7.17. The maximum Gasteiger partial charge on any atom is 0.270 e. The van der Waals surface area contributed by atoms with Gasteiger partial charge in [0, 0.05) is 55.2 Å². The number of thiazole rings is 1. The van der Waals surface area contributed by atoms with Crippen LogP contribution in [0.15, 0.2) is 54.7 Å². The minimum atomic E-state index is -0.204. The molecule has 0 unspecified atom stereocenters. The number of anilines is 2. The molecule has 2 aromatic heterocycles. The van der Waals surface area contributed by atoms with Crippen molar-refractivity contribution in [3.05, 3.63) is 82.4 Å². The van der Waals surface area contributed by atoms with Crippen molar-refractivity contribution in [1.82, 2.24) is 14.7 Å². The van der Waals surface area contributed by atoms with Crippen molar-refractivity contribution < 1.29 is 9.18 Å². The van der Waals surface area contributed by atoms with Crippen LogP contribution in [0.1, 0.15) is 33.5 Å². The van der Waals surface area contributed by atoms with E-state index in [9.17, 15) is 9.18 Å². The van der Waals surface area contributed by atoms with Crippen LogP contribution in [0.25, 0.3) is 4.96 Å². The zero-order chi connectivity index (χ0) is 23.7. The van der Waals surface area contributed by atoms with E-state index < -0.39 is 0 Å². The smallest absolute Gasteiger partial charge is 0.270 e. The number of aryl methyl sites for hydroxylation is 2. The molecule has 1 amide bonds. The van der Waals surface area contributed by atoms with Crippen LogP contribution in [0.4, 0.5) is 15.8 Å². The molecule has 6 nitrogen and oxygen atoms in total. The molecule has 8 heteroatoms. The maximum atomic E-state index is 13.2. The molecular formula is C26H28FN5OS. The average Bonchev–Trinajstić information content (AvgIpc) is 3.39. The van der Waals surface area contributed by atoms with Gasteiger partial charge in [-0.2, -0.15) is 0 Å². The van der Waals surface area contributed by atoms with Gasteiger partial charge in [-0.3, -0.25) is 9.20 Å². The summed E-state index contributed by atoms with van der Waals surface area (Å²) in [6.45, 7) is 8.12. The fourth-order valence-corrected chi connectivity index (χ4v) is 5.30. The Bertz CT molecular complexity index is 1290. The first-order valence-electron chi connectivity index (χ1n) is 11.6. The van der Waals surface area contributed by atoms with Gasteiger partial charge < -0.3 is 15.1 Å². The summed E-state index contributed by atoms with van der Waals surface area (Å²) in [5, 5.41) is 3.06. The number of carbonyl (C=O) groups excluding carboxylic acids is 1. The van der Waals surface area contributed by atoms with Crippen molar-refractivity contribution in [3.63, 3.8) is 0 Å². The molecule has 0 saturated carbocycles. The summed E-state index contributed by atoms with van der Waals surface area (Å²) in [4.78, 5) is 24.2. The lowest BCUT2D eigenvalue weighted by molar-refractivity contribution is 0.0944. The molecule has 4 aromatic rings. The van der Waals surface area contributed by atoms with E-state index in [1.807, 2.05) is 36.6 Å². The number of halogens is 1. The van der Waals surface area contributed by atoms with Gasteiger partial charge in [0.25, 0.3) is 5.91 Å². The second-order valence-electron chi connectivity index (χ2n) is 8.55. The Morgan fingerprint density at radius 2 is 1.59 bits per heavy atom. The van der Waals surface area contributed by atoms with Crippen LogP contribution in [-0.2, 0) is 13.0 Å². The number of amides is 1. The average molecular weight is 478 g/mol. The fourth-order valence-electron chi connectivity index (χ4n) is 4.45. The number of aromatic nitrogens is 2. The highest BCUT2D eigenvalue weighted by Gasteiger charge is 2.20. The molecule has 2 aromatic carbocycles. The van der Waals surface area contributed by atoms with Gasteiger partial charge >= 0.3 is 0 Å². The summed E-state index contributed by atoms with van der Waals surface area (Å²) in [6.07, 6.45) is 2.70. The van der Waals surface area contributed by atoms with E-state index in [4.69, 9.17) is 0 Å². The van der Waals surface area contributed by atoms with Crippen molar-refractivity contribution in [2.24, 2.45) is 0 Å². The molecule has 176 valence electrons. The van der Waals surface area contributed by atoms with Gasteiger partial charge in [0.15, 0.2) is 4.96 Å². The minimum Gasteiger partial charge on any atom is -0.368 e. The van der Waals surface area contributed by atoms with Gasteiger partial charge in [0.2, 0.25) is 0 Å². The number of carbonyl (C=O) groups is 1. The van der Waals surface area contributed by atoms with E-state index in [0.29, 0.717) is 12.2 Å². The number of hydrogen-bond acceptors (Lipinski definition) is 5. The second kappa shape index (κ2) is 9.46. The molecule has 1 N–H and O–H groups in total. The number of benzene rings is 2. The Balaban J connectivity index is 1.18. The van der Waals surface area contributed by atoms with E-state index in [-0.39, 0.29) is 11.7 Å². The summed E-state index contributed by atoms with van der Waals surface area (Å²) < 4.78 is 15.1. The lowest BCUT2D eigenvalue weighted by atomic mass is 10.1. The monoisotopic (exact) mass is 477 g/mol. The van der Waals surface area contributed by atoms with Gasteiger partial charge in [-0.15, -0.1) is 11.3 Å². The molecule has 1 saturated heterocycles. The van der Waals surface area contributed by atoms with E-state index in [1.165, 1.54) is 17.8 Å². The maximum absolute atomic E-state index is 13.2. The predicted molar refractivity (Wildman–Crippen MR) is 136 cm³/mol. The number of fused-ring (bicyclic) bond motifs is 1. The van der Waals surface area contributed by atoms with Gasteiger partial charge in [-0.1, -0.05) is 19.1 Å². The number of nitrogens with one attached hydrogen (secondary N) is 1. The van der Waals surface area contributed by atoms with Crippen molar-refractivity contribution >= 4 is 33.6 Å². The van der Waals surface area contributed by atoms with E-state index >= 15 is 0 Å². The number of rotatable bonds is 6. The molecule has 5 rings (SSSR count). The molecule has 1 fully saturated rings. The zero-order valence-electron chi connectivity index (χ0n) is 19.4. The Hall–Kier alpha value is -3.39. The summed E-state index contributed by atoms with van der Waals surface area (Å²) >= 11 is 1.60. The van der Waals surface area contributed by atoms with Crippen LogP contribution >= 0.6 is 11.3 Å². The Kier molecular flexibility index (Phi) is 6.24. The molecule has 1 aliphatic heterocycles. The van der Waals surface area contributed by atoms with Gasteiger partial charge in [-0.05, 0) is 55.3 Å². The molecule has 0 spiro atoms. The molecule has 0 aliphatic carbocycles. The number of hydrogen-bond donors (Lipinski definition) is 1. The first-order valence-corrected chi connectivity index (χ1v) is 12.4. The fraction of sp³-hybridized carbons (Fsp3) is 0.308. The van der Waals surface area contributed by atoms with Crippen LogP contribution in [0.5, 0.6) is 0 Å². The topological polar surface area (TPSA) is 52.9 Å². The third kappa shape index (κ3) is 4.50. The standard InChI is InChI=1S/C26H28FN5OS/c1-3-23-24(32-17-18(2)34-26(32)29-23)25(33)28-16-19-4-8-21(9-5-19)30-12-14-31(15-13-30)22-10-6-20(27)7-11-22/h4-11,17H,3,12-16H2,1-2H3,(H,28,33). The van der Waals surface area contributed by atoms with Crippen molar-refractivity contribution in [2.75, 3.05) is 36.0 Å². The van der Waals surface area contributed by atoms with Gasteiger partial charge in [0.05, 0.1) is 5.69 Å². The molecule has 34 heavy (non-hydrogen) atoms. The van der Waals surface area contributed by atoms with Crippen LogP contribution in [0.3, 0.4) is 0 Å². The lowest BCUT2D eigenvalue weighted by Gasteiger charge is -2.37. The van der Waals surface area contributed by atoms with Gasteiger partial charge in [-0.25, -0.2) is 9.37 Å². The van der Waals surface area contributed by atoms with Crippen molar-refractivity contribution in [3.8, 4) is 0 Å².